The fourth-order valence-corrected chi connectivity index (χ4v) is 3.31. The zero-order chi connectivity index (χ0) is 18.9. The zero-order valence-electron chi connectivity index (χ0n) is 13.8. The molecule has 3 aromatic rings. The summed E-state index contributed by atoms with van der Waals surface area (Å²) in [4.78, 5) is 13.5. The summed E-state index contributed by atoms with van der Waals surface area (Å²) >= 11 is 0. The lowest BCUT2D eigenvalue weighted by Crippen LogP contribution is -2.26. The monoisotopic (exact) mass is 375 g/mol. The quantitative estimate of drug-likeness (QED) is 0.690. The minimum absolute atomic E-state index is 0.203. The summed E-state index contributed by atoms with van der Waals surface area (Å²) in [6.45, 7) is 0. The van der Waals surface area contributed by atoms with Gasteiger partial charge in [0.1, 0.15) is 0 Å². The normalized spacial score (nSPS) is 11.7. The van der Waals surface area contributed by atoms with Crippen molar-refractivity contribution in [2.45, 2.75) is 10.7 Å². The van der Waals surface area contributed by atoms with Crippen LogP contribution in [0, 0.1) is 0 Å². The van der Waals surface area contributed by atoms with Crippen molar-refractivity contribution in [1.82, 2.24) is 0 Å². The summed E-state index contributed by atoms with van der Waals surface area (Å²) in [5, 5.41) is 2.02. The van der Waals surface area contributed by atoms with Crippen molar-refractivity contribution >= 4 is 32.2 Å². The van der Waals surface area contributed by atoms with E-state index in [-0.39, 0.29) is 11.5 Å². The number of anilines is 1. The van der Waals surface area contributed by atoms with Gasteiger partial charge >= 0.3 is 5.76 Å². The number of hydrogen-bond donors (Lipinski definition) is 0. The highest BCUT2D eigenvalue weighted by molar-refractivity contribution is 7.91. The molecule has 0 spiro atoms. The molecule has 134 valence electrons. The number of nitrogens with zero attached hydrogens (tertiary/aromatic N) is 1. The fraction of sp³-hybridized carbons (Fsp3) is 0.105. The van der Waals surface area contributed by atoms with Crippen LogP contribution in [0.5, 0.6) is 0 Å². The molecule has 3 aromatic carbocycles. The predicted molar refractivity (Wildman–Crippen MR) is 96.3 cm³/mol. The van der Waals surface area contributed by atoms with Crippen molar-refractivity contribution in [1.29, 1.82) is 0 Å². The summed E-state index contributed by atoms with van der Waals surface area (Å²) in [7, 11) is -3.08. The van der Waals surface area contributed by atoms with E-state index in [1.165, 1.54) is 17.0 Å². The van der Waals surface area contributed by atoms with Crippen molar-refractivity contribution < 1.29 is 22.0 Å². The Balaban J connectivity index is 1.88. The number of carbonyl (C=O) groups is 1. The maximum Gasteiger partial charge on any atom is 0.341 e. The predicted octanol–water partition coefficient (Wildman–Crippen LogP) is 4.11. The van der Waals surface area contributed by atoms with E-state index < -0.39 is 20.5 Å². The molecule has 0 fully saturated rings. The Morgan fingerprint density at radius 2 is 1.54 bits per heavy atom. The second kappa shape index (κ2) is 6.84. The molecule has 0 saturated heterocycles. The molecule has 0 heterocycles. The van der Waals surface area contributed by atoms with Gasteiger partial charge in [-0.05, 0) is 47.2 Å². The molecule has 4 nitrogen and oxygen atoms in total. The highest BCUT2D eigenvalue weighted by Crippen LogP contribution is 2.23. The number of sulfone groups is 1. The lowest BCUT2D eigenvalue weighted by Gasteiger charge is -2.18. The Labute approximate surface area is 149 Å². The second-order valence-corrected chi connectivity index (χ2v) is 7.64. The van der Waals surface area contributed by atoms with Crippen LogP contribution >= 0.6 is 0 Å². The summed E-state index contributed by atoms with van der Waals surface area (Å²) in [5.74, 6) is -3.87. The molecule has 7 heteroatoms. The molecule has 0 aliphatic heterocycles. The Morgan fingerprint density at radius 3 is 2.15 bits per heavy atom. The van der Waals surface area contributed by atoms with Gasteiger partial charge in [-0.1, -0.05) is 30.3 Å². The standard InChI is InChI=1S/C19H15F2NO3S/c1-22(16-9-6-13-4-2-3-5-15(13)12-16)18(23)14-7-10-17(11-8-14)26(24,25)19(20)21/h2-12,19H,1H3. The van der Waals surface area contributed by atoms with E-state index in [9.17, 15) is 22.0 Å². The van der Waals surface area contributed by atoms with Gasteiger partial charge in [0.05, 0.1) is 4.90 Å². The maximum absolute atomic E-state index is 12.6. The van der Waals surface area contributed by atoms with Crippen molar-refractivity contribution in [2.24, 2.45) is 0 Å². The van der Waals surface area contributed by atoms with Crippen LogP contribution in [0.25, 0.3) is 10.8 Å². The average Bonchev–Trinajstić information content (AvgIpc) is 2.66. The largest absolute Gasteiger partial charge is 0.341 e. The topological polar surface area (TPSA) is 54.5 Å². The van der Waals surface area contributed by atoms with E-state index >= 15 is 0 Å². The zero-order valence-corrected chi connectivity index (χ0v) is 14.6. The van der Waals surface area contributed by atoms with Gasteiger partial charge in [-0.3, -0.25) is 4.79 Å². The van der Waals surface area contributed by atoms with Gasteiger partial charge in [0.2, 0.25) is 9.84 Å². The molecule has 0 aliphatic carbocycles. The molecule has 0 aliphatic rings. The molecule has 0 bridgehead atoms. The third kappa shape index (κ3) is 3.30. The Hall–Kier alpha value is -2.80. The molecule has 0 radical (unpaired) electrons. The van der Waals surface area contributed by atoms with Crippen LogP contribution in [0.4, 0.5) is 14.5 Å². The first-order valence-electron chi connectivity index (χ1n) is 7.69. The number of benzene rings is 3. The number of halogens is 2. The van der Waals surface area contributed by atoms with Crippen molar-refractivity contribution in [3.05, 3.63) is 72.3 Å². The van der Waals surface area contributed by atoms with Crippen LogP contribution in [0.3, 0.4) is 0 Å². The van der Waals surface area contributed by atoms with Crippen LogP contribution in [0.1, 0.15) is 10.4 Å². The van der Waals surface area contributed by atoms with Gasteiger partial charge in [0.15, 0.2) is 0 Å². The number of rotatable bonds is 4. The molecule has 0 atom stereocenters. The van der Waals surface area contributed by atoms with Gasteiger partial charge in [0.25, 0.3) is 5.91 Å². The van der Waals surface area contributed by atoms with Crippen LogP contribution in [0.15, 0.2) is 71.6 Å². The third-order valence-corrected chi connectivity index (χ3v) is 5.49. The Bertz CT molecular complexity index is 1060. The Kier molecular flexibility index (Phi) is 4.73. The van der Waals surface area contributed by atoms with E-state index in [0.717, 1.165) is 22.9 Å². The van der Waals surface area contributed by atoms with Gasteiger partial charge in [-0.25, -0.2) is 8.42 Å². The van der Waals surface area contributed by atoms with Crippen LogP contribution in [-0.2, 0) is 9.84 Å². The maximum atomic E-state index is 12.6. The smallest absolute Gasteiger partial charge is 0.311 e. The minimum atomic E-state index is -4.67. The summed E-state index contributed by atoms with van der Waals surface area (Å²) < 4.78 is 48.0. The first kappa shape index (κ1) is 18.0. The van der Waals surface area contributed by atoms with Crippen LogP contribution in [-0.4, -0.2) is 27.1 Å². The fourth-order valence-electron chi connectivity index (χ4n) is 2.59. The highest BCUT2D eigenvalue weighted by Gasteiger charge is 2.26. The number of hydrogen-bond acceptors (Lipinski definition) is 3. The van der Waals surface area contributed by atoms with E-state index in [2.05, 4.69) is 0 Å². The lowest BCUT2D eigenvalue weighted by atomic mass is 10.1. The van der Waals surface area contributed by atoms with Crippen molar-refractivity contribution in [3.63, 3.8) is 0 Å². The molecular formula is C19H15F2NO3S. The molecular weight excluding hydrogens is 360 g/mol. The molecule has 0 unspecified atom stereocenters. The van der Waals surface area contributed by atoms with Crippen LogP contribution in [0.2, 0.25) is 0 Å². The molecule has 3 rings (SSSR count). The lowest BCUT2D eigenvalue weighted by molar-refractivity contribution is 0.0993. The molecule has 1 amide bonds. The van der Waals surface area contributed by atoms with Gasteiger partial charge < -0.3 is 4.90 Å². The molecule has 0 N–H and O–H groups in total. The summed E-state index contributed by atoms with van der Waals surface area (Å²) in [5.41, 5.74) is 0.867. The SMILES string of the molecule is CN(C(=O)c1ccc(S(=O)(=O)C(F)F)cc1)c1ccc2ccccc2c1. The van der Waals surface area contributed by atoms with Gasteiger partial charge in [-0.2, -0.15) is 8.78 Å². The first-order chi connectivity index (χ1) is 12.3. The average molecular weight is 375 g/mol. The van der Waals surface area contributed by atoms with E-state index in [1.54, 1.807) is 13.1 Å². The number of carbonyl (C=O) groups excluding carboxylic acids is 1. The third-order valence-electron chi connectivity index (χ3n) is 4.09. The van der Waals surface area contributed by atoms with Crippen LogP contribution < -0.4 is 4.90 Å². The van der Waals surface area contributed by atoms with Crippen molar-refractivity contribution in [3.8, 4) is 0 Å². The minimum Gasteiger partial charge on any atom is -0.311 e. The van der Waals surface area contributed by atoms with E-state index in [1.807, 2.05) is 36.4 Å². The van der Waals surface area contributed by atoms with Gasteiger partial charge in [-0.15, -0.1) is 0 Å². The molecule has 0 aromatic heterocycles. The number of alkyl halides is 2. The van der Waals surface area contributed by atoms with E-state index in [0.29, 0.717) is 5.69 Å². The van der Waals surface area contributed by atoms with Crippen molar-refractivity contribution in [2.75, 3.05) is 11.9 Å². The van der Waals surface area contributed by atoms with E-state index in [4.69, 9.17) is 0 Å². The second-order valence-electron chi connectivity index (χ2n) is 5.73. The number of fused-ring (bicyclic) bond motifs is 1. The Morgan fingerprint density at radius 1 is 0.923 bits per heavy atom. The summed E-state index contributed by atoms with van der Waals surface area (Å²) in [6.07, 6.45) is 0. The van der Waals surface area contributed by atoms with Gasteiger partial charge in [0, 0.05) is 18.3 Å². The molecule has 26 heavy (non-hydrogen) atoms. The number of amides is 1. The first-order valence-corrected chi connectivity index (χ1v) is 9.24. The highest BCUT2D eigenvalue weighted by atomic mass is 32.2. The molecule has 0 saturated carbocycles. The summed E-state index contributed by atoms with van der Waals surface area (Å²) in [6, 6.07) is 17.8.